The summed E-state index contributed by atoms with van der Waals surface area (Å²) < 4.78 is 2.24. The third kappa shape index (κ3) is 7.48. The fourth-order valence-corrected chi connectivity index (χ4v) is 10.4. The number of rotatable bonds is 14. The summed E-state index contributed by atoms with van der Waals surface area (Å²) in [5.41, 5.74) is 6.21. The number of nitrogens with zero attached hydrogens (tertiary/aromatic N) is 2. The van der Waals surface area contributed by atoms with Gasteiger partial charge < -0.3 is 0 Å². The van der Waals surface area contributed by atoms with E-state index in [0.29, 0.717) is 0 Å². The molecule has 0 aliphatic rings. The number of aromatic nitrogens is 2. The zero-order chi connectivity index (χ0) is 30.5. The Morgan fingerprint density at radius 2 is 0.909 bits per heavy atom. The van der Waals surface area contributed by atoms with Crippen LogP contribution in [0.4, 0.5) is 0 Å². The monoisotopic (exact) mass is 782 g/mol. The lowest BCUT2D eigenvalue weighted by Crippen LogP contribution is -1.96. The maximum absolute atomic E-state index is 5.56. The van der Waals surface area contributed by atoms with Crippen molar-refractivity contribution in [2.24, 2.45) is 0 Å². The third-order valence-corrected chi connectivity index (χ3v) is 13.5. The van der Waals surface area contributed by atoms with Crippen LogP contribution < -0.4 is 0 Å². The summed E-state index contributed by atoms with van der Waals surface area (Å²) in [6.45, 7) is 4.55. The smallest absolute Gasteiger partial charge is 0.108 e. The second kappa shape index (κ2) is 15.3. The third-order valence-electron chi connectivity index (χ3n) is 7.84. The molecule has 44 heavy (non-hydrogen) atoms. The SMILES string of the molecule is CCCCCCc1ccc(-c2nc3c(-c4ccc(Br)s4)ccc(-c4ccc(Br)s4)c3nc2-c2ccc(CCCCCC)s2)s1. The van der Waals surface area contributed by atoms with Crippen LogP contribution in [0.3, 0.4) is 0 Å². The van der Waals surface area contributed by atoms with Crippen LogP contribution in [0.1, 0.15) is 75.0 Å². The zero-order valence-corrected chi connectivity index (χ0v) is 31.6. The first-order valence-electron chi connectivity index (χ1n) is 15.6. The van der Waals surface area contributed by atoms with Crippen molar-refractivity contribution < 1.29 is 0 Å². The largest absolute Gasteiger partial charge is 0.242 e. The summed E-state index contributed by atoms with van der Waals surface area (Å²) in [4.78, 5) is 18.8. The molecule has 0 N–H and O–H groups in total. The number of aryl methyl sites for hydroxylation is 2. The molecule has 6 aromatic rings. The summed E-state index contributed by atoms with van der Waals surface area (Å²) in [6, 6.07) is 22.3. The van der Waals surface area contributed by atoms with Crippen molar-refractivity contribution in [2.45, 2.75) is 78.1 Å². The molecule has 0 unspecified atom stereocenters. The summed E-state index contributed by atoms with van der Waals surface area (Å²) >= 11 is 14.6. The first-order chi connectivity index (χ1) is 21.5. The number of hydrogen-bond acceptors (Lipinski definition) is 6. The lowest BCUT2D eigenvalue weighted by Gasteiger charge is -2.13. The number of thiophene rings is 4. The second-order valence-electron chi connectivity index (χ2n) is 11.1. The molecule has 0 aliphatic carbocycles. The summed E-state index contributed by atoms with van der Waals surface area (Å²) in [5.74, 6) is 0. The molecular formula is C36H36Br2N2S4. The quantitative estimate of drug-likeness (QED) is 0.103. The van der Waals surface area contributed by atoms with Crippen molar-refractivity contribution in [3.63, 3.8) is 0 Å². The van der Waals surface area contributed by atoms with Crippen LogP contribution in [-0.4, -0.2) is 9.97 Å². The van der Waals surface area contributed by atoms with Gasteiger partial charge in [0.25, 0.3) is 0 Å². The standard InChI is InChI=1S/C36H36Br2N2S4/c1-3-5-7-9-11-23-13-17-29(41-23)35-36(30-18-14-24(42-30)12-10-8-6-4-2)40-34-26(28-20-22-32(38)44-28)16-15-25(33(34)39-35)27-19-21-31(37)43-27/h13-22H,3-12H2,1-2H3. The topological polar surface area (TPSA) is 25.8 Å². The van der Waals surface area contributed by atoms with Crippen molar-refractivity contribution >= 4 is 88.2 Å². The molecule has 0 spiro atoms. The summed E-state index contributed by atoms with van der Waals surface area (Å²) in [6.07, 6.45) is 12.5. The highest BCUT2D eigenvalue weighted by atomic mass is 79.9. The predicted molar refractivity (Wildman–Crippen MR) is 204 cm³/mol. The molecule has 228 valence electrons. The molecule has 0 aliphatic heterocycles. The Morgan fingerprint density at radius 1 is 0.477 bits per heavy atom. The summed E-state index contributed by atoms with van der Waals surface area (Å²) in [7, 11) is 0. The second-order valence-corrected chi connectivity index (χ2v) is 18.4. The van der Waals surface area contributed by atoms with Crippen molar-refractivity contribution in [2.75, 3.05) is 0 Å². The van der Waals surface area contributed by atoms with Gasteiger partial charge >= 0.3 is 0 Å². The van der Waals surface area contributed by atoms with E-state index in [1.165, 1.54) is 80.6 Å². The molecule has 0 atom stereocenters. The highest BCUT2D eigenvalue weighted by Gasteiger charge is 2.22. The van der Waals surface area contributed by atoms with Crippen molar-refractivity contribution in [3.8, 4) is 42.0 Å². The van der Waals surface area contributed by atoms with Gasteiger partial charge in [-0.1, -0.05) is 64.5 Å². The number of benzene rings is 1. The lowest BCUT2D eigenvalue weighted by atomic mass is 10.0. The minimum absolute atomic E-state index is 0.967. The van der Waals surface area contributed by atoms with E-state index in [1.807, 2.05) is 22.7 Å². The molecule has 0 radical (unpaired) electrons. The van der Waals surface area contributed by atoms with Crippen LogP contribution in [0.15, 0.2) is 68.2 Å². The molecule has 0 fully saturated rings. The summed E-state index contributed by atoms with van der Waals surface area (Å²) in [5, 5.41) is 0. The van der Waals surface area contributed by atoms with Gasteiger partial charge in [-0.25, -0.2) is 9.97 Å². The van der Waals surface area contributed by atoms with Crippen LogP contribution in [0.2, 0.25) is 0 Å². The van der Waals surface area contributed by atoms with E-state index in [0.717, 1.165) is 54.0 Å². The highest BCUT2D eigenvalue weighted by Crippen LogP contribution is 2.44. The van der Waals surface area contributed by atoms with Gasteiger partial charge in [-0.2, -0.15) is 0 Å². The molecule has 5 aromatic heterocycles. The van der Waals surface area contributed by atoms with Gasteiger partial charge in [-0.3, -0.25) is 0 Å². The Hall–Kier alpha value is -1.68. The van der Waals surface area contributed by atoms with Crippen molar-refractivity contribution in [1.82, 2.24) is 9.97 Å². The van der Waals surface area contributed by atoms with E-state index < -0.39 is 0 Å². The minimum Gasteiger partial charge on any atom is -0.242 e. The van der Waals surface area contributed by atoms with Crippen LogP contribution in [-0.2, 0) is 12.8 Å². The van der Waals surface area contributed by atoms with Gasteiger partial charge in [-0.15, -0.1) is 45.3 Å². The Kier molecular flexibility index (Phi) is 11.2. The van der Waals surface area contributed by atoms with Crippen LogP contribution in [0.25, 0.3) is 53.1 Å². The average molecular weight is 785 g/mol. The van der Waals surface area contributed by atoms with E-state index in [9.17, 15) is 0 Å². The normalized spacial score (nSPS) is 11.6. The maximum atomic E-state index is 5.56. The van der Waals surface area contributed by atoms with E-state index in [1.54, 1.807) is 22.7 Å². The van der Waals surface area contributed by atoms with Gasteiger partial charge in [0.15, 0.2) is 0 Å². The molecule has 5 heterocycles. The maximum Gasteiger partial charge on any atom is 0.108 e. The number of fused-ring (bicyclic) bond motifs is 1. The average Bonchev–Trinajstić information content (AvgIpc) is 3.85. The fraction of sp³-hybridized carbons (Fsp3) is 0.333. The first kappa shape index (κ1) is 32.3. The Balaban J connectivity index is 1.51. The van der Waals surface area contributed by atoms with Gasteiger partial charge in [-0.05, 0) is 106 Å². The molecule has 6 rings (SSSR count). The Labute approximate surface area is 293 Å². The number of hydrogen-bond donors (Lipinski definition) is 0. The predicted octanol–water partition coefficient (Wildman–Crippen LogP) is 14.3. The zero-order valence-electron chi connectivity index (χ0n) is 25.1. The molecule has 0 saturated carbocycles. The molecule has 1 aromatic carbocycles. The number of halogens is 2. The van der Waals surface area contributed by atoms with Gasteiger partial charge in [0.2, 0.25) is 0 Å². The highest BCUT2D eigenvalue weighted by molar-refractivity contribution is 9.11. The lowest BCUT2D eigenvalue weighted by molar-refractivity contribution is 0.670. The van der Waals surface area contributed by atoms with Gasteiger partial charge in [0, 0.05) is 30.6 Å². The molecule has 2 nitrogen and oxygen atoms in total. The number of unbranched alkanes of at least 4 members (excludes halogenated alkanes) is 6. The van der Waals surface area contributed by atoms with E-state index >= 15 is 0 Å². The van der Waals surface area contributed by atoms with Gasteiger partial charge in [0.1, 0.15) is 11.4 Å². The molecule has 0 amide bonds. The molecular weight excluding hydrogens is 748 g/mol. The van der Waals surface area contributed by atoms with Gasteiger partial charge in [0.05, 0.1) is 28.4 Å². The van der Waals surface area contributed by atoms with Crippen molar-refractivity contribution in [3.05, 3.63) is 78.0 Å². The molecule has 0 saturated heterocycles. The van der Waals surface area contributed by atoms with E-state index in [2.05, 4.69) is 106 Å². The fourth-order valence-electron chi connectivity index (χ4n) is 5.53. The van der Waals surface area contributed by atoms with Crippen LogP contribution >= 0.6 is 77.2 Å². The first-order valence-corrected chi connectivity index (χ1v) is 20.4. The van der Waals surface area contributed by atoms with Crippen LogP contribution in [0, 0.1) is 0 Å². The minimum atomic E-state index is 0.967. The van der Waals surface area contributed by atoms with Crippen LogP contribution in [0.5, 0.6) is 0 Å². The Bertz CT molecular complexity index is 1710. The molecule has 8 heteroatoms. The van der Waals surface area contributed by atoms with Crippen molar-refractivity contribution in [1.29, 1.82) is 0 Å². The molecule has 0 bridgehead atoms. The van der Waals surface area contributed by atoms with E-state index in [-0.39, 0.29) is 0 Å². The Morgan fingerprint density at radius 3 is 1.30 bits per heavy atom. The van der Waals surface area contributed by atoms with E-state index in [4.69, 9.17) is 9.97 Å².